The zero-order chi connectivity index (χ0) is 8.48. The smallest absolute Gasteiger partial charge is 0.163 e. The minimum Gasteiger partial charge on any atom is -0.345 e. The van der Waals surface area contributed by atoms with Gasteiger partial charge in [-0.3, -0.25) is 0 Å². The van der Waals surface area contributed by atoms with Gasteiger partial charge in [-0.1, -0.05) is 6.92 Å². The second kappa shape index (κ2) is 3.38. The molecular weight excluding hydrogens is 159 g/mol. The van der Waals surface area contributed by atoms with Crippen LogP contribution in [0.1, 0.15) is 27.2 Å². The Hall–Kier alpha value is 0.350. The first kappa shape index (κ1) is 9.44. The standard InChI is InChI=1S/C8H17O2P/c1-4-6-7(5-11)10-8(2,3)9-6/h6-7H,4-5,11H2,1-3H3. The Kier molecular flexibility index (Phi) is 2.90. The molecule has 0 saturated carbocycles. The van der Waals surface area contributed by atoms with Gasteiger partial charge >= 0.3 is 0 Å². The fraction of sp³-hybridized carbons (Fsp3) is 1.00. The molecule has 0 amide bonds. The van der Waals surface area contributed by atoms with Crippen molar-refractivity contribution in [3.05, 3.63) is 0 Å². The molecule has 0 N–H and O–H groups in total. The summed E-state index contributed by atoms with van der Waals surface area (Å²) in [6.45, 7) is 6.06. The Morgan fingerprint density at radius 1 is 1.27 bits per heavy atom. The maximum absolute atomic E-state index is 5.67. The molecular formula is C8H17O2P. The molecule has 3 atom stereocenters. The van der Waals surface area contributed by atoms with Crippen molar-refractivity contribution in [2.45, 2.75) is 45.2 Å². The van der Waals surface area contributed by atoms with E-state index in [1.54, 1.807) is 0 Å². The topological polar surface area (TPSA) is 18.5 Å². The van der Waals surface area contributed by atoms with E-state index < -0.39 is 0 Å². The molecule has 66 valence electrons. The van der Waals surface area contributed by atoms with Crippen LogP contribution in [0.5, 0.6) is 0 Å². The first-order valence-corrected chi connectivity index (χ1v) is 4.96. The van der Waals surface area contributed by atoms with Crippen LogP contribution >= 0.6 is 9.24 Å². The van der Waals surface area contributed by atoms with Crippen molar-refractivity contribution in [1.82, 2.24) is 0 Å². The molecule has 11 heavy (non-hydrogen) atoms. The molecule has 0 spiro atoms. The molecule has 1 rings (SSSR count). The zero-order valence-electron chi connectivity index (χ0n) is 7.46. The minimum atomic E-state index is -0.373. The summed E-state index contributed by atoms with van der Waals surface area (Å²) in [5.74, 6) is -0.373. The van der Waals surface area contributed by atoms with Crippen LogP contribution in [0, 0.1) is 0 Å². The van der Waals surface area contributed by atoms with Crippen LogP contribution in [0.3, 0.4) is 0 Å². The molecule has 0 radical (unpaired) electrons. The first-order valence-electron chi connectivity index (χ1n) is 4.14. The van der Waals surface area contributed by atoms with Crippen molar-refractivity contribution in [3.63, 3.8) is 0 Å². The summed E-state index contributed by atoms with van der Waals surface area (Å²) in [6, 6.07) is 0. The lowest BCUT2D eigenvalue weighted by Gasteiger charge is -2.16. The van der Waals surface area contributed by atoms with Gasteiger partial charge in [-0.15, -0.1) is 9.24 Å². The van der Waals surface area contributed by atoms with Crippen molar-refractivity contribution >= 4 is 9.24 Å². The van der Waals surface area contributed by atoms with Gasteiger partial charge in [0.25, 0.3) is 0 Å². The summed E-state index contributed by atoms with van der Waals surface area (Å²) in [6.07, 6.45) is 2.53. The molecule has 0 bridgehead atoms. The molecule has 1 heterocycles. The van der Waals surface area contributed by atoms with Crippen LogP contribution in [-0.2, 0) is 9.47 Å². The Labute approximate surface area is 70.8 Å². The van der Waals surface area contributed by atoms with E-state index in [0.717, 1.165) is 12.6 Å². The van der Waals surface area contributed by atoms with E-state index in [-0.39, 0.29) is 18.0 Å². The normalized spacial score (nSPS) is 36.0. The summed E-state index contributed by atoms with van der Waals surface area (Å²) >= 11 is 0. The maximum Gasteiger partial charge on any atom is 0.163 e. The largest absolute Gasteiger partial charge is 0.345 e. The van der Waals surface area contributed by atoms with Crippen molar-refractivity contribution in [2.24, 2.45) is 0 Å². The van der Waals surface area contributed by atoms with E-state index in [9.17, 15) is 0 Å². The van der Waals surface area contributed by atoms with Crippen molar-refractivity contribution in [3.8, 4) is 0 Å². The van der Waals surface area contributed by atoms with Gasteiger partial charge in [0, 0.05) is 0 Å². The van der Waals surface area contributed by atoms with Gasteiger partial charge in [-0.2, -0.15) is 0 Å². The molecule has 1 aliphatic heterocycles. The molecule has 2 nitrogen and oxygen atoms in total. The van der Waals surface area contributed by atoms with Gasteiger partial charge in [-0.25, -0.2) is 0 Å². The van der Waals surface area contributed by atoms with Gasteiger partial charge in [0.15, 0.2) is 5.79 Å². The van der Waals surface area contributed by atoms with Crippen LogP contribution in [0.2, 0.25) is 0 Å². The monoisotopic (exact) mass is 176 g/mol. The molecule has 0 aromatic rings. The third-order valence-electron chi connectivity index (χ3n) is 1.92. The summed E-state index contributed by atoms with van der Waals surface area (Å²) in [7, 11) is 2.70. The molecule has 1 aliphatic rings. The Bertz CT molecular complexity index is 122. The van der Waals surface area contributed by atoms with Gasteiger partial charge < -0.3 is 9.47 Å². The molecule has 1 fully saturated rings. The number of hydrogen-bond acceptors (Lipinski definition) is 2. The average molecular weight is 176 g/mol. The molecule has 0 aliphatic carbocycles. The molecule has 1 saturated heterocycles. The van der Waals surface area contributed by atoms with E-state index in [4.69, 9.17) is 9.47 Å². The predicted octanol–water partition coefficient (Wildman–Crippen LogP) is 1.79. The third kappa shape index (κ3) is 2.14. The van der Waals surface area contributed by atoms with Crippen molar-refractivity contribution in [1.29, 1.82) is 0 Å². The predicted molar refractivity (Wildman–Crippen MR) is 48.7 cm³/mol. The highest BCUT2D eigenvalue weighted by molar-refractivity contribution is 7.16. The fourth-order valence-electron chi connectivity index (χ4n) is 1.45. The van der Waals surface area contributed by atoms with Gasteiger partial charge in [0.05, 0.1) is 12.2 Å². The highest BCUT2D eigenvalue weighted by Crippen LogP contribution is 2.30. The summed E-state index contributed by atoms with van der Waals surface area (Å²) in [5, 5.41) is 0. The van der Waals surface area contributed by atoms with Crippen LogP contribution in [0.4, 0.5) is 0 Å². The zero-order valence-corrected chi connectivity index (χ0v) is 8.62. The summed E-state index contributed by atoms with van der Waals surface area (Å²) in [5.41, 5.74) is 0. The van der Waals surface area contributed by atoms with Gasteiger partial charge in [0.1, 0.15) is 0 Å². The Morgan fingerprint density at radius 2 is 1.82 bits per heavy atom. The van der Waals surface area contributed by atoms with E-state index >= 15 is 0 Å². The van der Waals surface area contributed by atoms with Crippen LogP contribution in [-0.4, -0.2) is 24.2 Å². The second-order valence-electron chi connectivity index (χ2n) is 3.36. The Morgan fingerprint density at radius 3 is 2.18 bits per heavy atom. The van der Waals surface area contributed by atoms with Crippen molar-refractivity contribution in [2.75, 3.05) is 6.16 Å². The molecule has 3 heteroatoms. The highest BCUT2D eigenvalue weighted by atomic mass is 31.0. The third-order valence-corrected chi connectivity index (χ3v) is 2.38. The average Bonchev–Trinajstić information content (AvgIpc) is 2.25. The van der Waals surface area contributed by atoms with E-state index in [1.165, 1.54) is 0 Å². The minimum absolute atomic E-state index is 0.264. The lowest BCUT2D eigenvalue weighted by Crippen LogP contribution is -2.22. The van der Waals surface area contributed by atoms with E-state index in [0.29, 0.717) is 0 Å². The summed E-state index contributed by atoms with van der Waals surface area (Å²) < 4.78 is 11.3. The van der Waals surface area contributed by atoms with Crippen LogP contribution in [0.15, 0.2) is 0 Å². The van der Waals surface area contributed by atoms with Gasteiger partial charge in [-0.05, 0) is 26.4 Å². The molecule has 0 aromatic heterocycles. The lowest BCUT2D eigenvalue weighted by molar-refractivity contribution is -0.144. The quantitative estimate of drug-likeness (QED) is 0.597. The highest BCUT2D eigenvalue weighted by Gasteiger charge is 2.38. The lowest BCUT2D eigenvalue weighted by atomic mass is 10.2. The number of ether oxygens (including phenoxy) is 2. The molecule has 3 unspecified atom stereocenters. The number of rotatable bonds is 2. The maximum atomic E-state index is 5.67. The molecule has 0 aromatic carbocycles. The van der Waals surface area contributed by atoms with Crippen molar-refractivity contribution < 1.29 is 9.47 Å². The summed E-state index contributed by atoms with van der Waals surface area (Å²) in [4.78, 5) is 0. The van der Waals surface area contributed by atoms with Crippen LogP contribution < -0.4 is 0 Å². The van der Waals surface area contributed by atoms with E-state index in [2.05, 4.69) is 16.2 Å². The Balaban J connectivity index is 2.55. The SMILES string of the molecule is CCC1OC(C)(C)OC1CP. The van der Waals surface area contributed by atoms with Gasteiger partial charge in [0.2, 0.25) is 0 Å². The van der Waals surface area contributed by atoms with E-state index in [1.807, 2.05) is 13.8 Å². The first-order chi connectivity index (χ1) is 5.09. The number of hydrogen-bond donors (Lipinski definition) is 0. The van der Waals surface area contributed by atoms with Crippen LogP contribution in [0.25, 0.3) is 0 Å². The second-order valence-corrected chi connectivity index (χ2v) is 3.83. The fourth-order valence-corrected chi connectivity index (χ4v) is 1.85.